The van der Waals surface area contributed by atoms with Crippen LogP contribution in [-0.2, 0) is 23.6 Å². The predicted octanol–water partition coefficient (Wildman–Crippen LogP) is 5.97. The molecule has 1 aromatic carbocycles. The monoisotopic (exact) mass is 484 g/mol. The number of likely N-dealkylation sites (tertiary alicyclic amines) is 1. The number of carbonyl (C=O) groups is 1. The third-order valence-electron chi connectivity index (χ3n) is 6.73. The van der Waals surface area contributed by atoms with E-state index < -0.39 is 45.9 Å². The van der Waals surface area contributed by atoms with Gasteiger partial charge in [-0.3, -0.25) is 0 Å². The molecule has 1 aliphatic carbocycles. The second kappa shape index (κ2) is 8.53. The zero-order chi connectivity index (χ0) is 25.5. The van der Waals surface area contributed by atoms with Crippen LogP contribution in [-0.4, -0.2) is 29.1 Å². The average molecular weight is 484 g/mol. The second-order valence-corrected chi connectivity index (χ2v) is 8.99. The van der Waals surface area contributed by atoms with Crippen LogP contribution in [0.1, 0.15) is 37.0 Å². The van der Waals surface area contributed by atoms with E-state index >= 15 is 0 Å². The van der Waals surface area contributed by atoms with E-state index in [2.05, 4.69) is 0 Å². The number of carboxylic acid groups (broad SMARTS) is 1. The number of fused-ring (bicyclic) bond motifs is 1. The van der Waals surface area contributed by atoms with Crippen molar-refractivity contribution in [3.63, 3.8) is 0 Å². The Labute approximate surface area is 192 Å². The van der Waals surface area contributed by atoms with Crippen LogP contribution in [0.2, 0.25) is 0 Å². The fourth-order valence-corrected chi connectivity index (χ4v) is 4.68. The number of rotatable bonds is 5. The molecule has 1 aromatic rings. The van der Waals surface area contributed by atoms with Crippen molar-refractivity contribution in [2.45, 2.75) is 39.0 Å². The Hall–Kier alpha value is -3.22. The van der Waals surface area contributed by atoms with E-state index in [0.29, 0.717) is 6.42 Å². The number of aliphatic carboxylic acids is 1. The maximum atomic E-state index is 13.2. The van der Waals surface area contributed by atoms with Gasteiger partial charge >= 0.3 is 18.3 Å². The minimum atomic E-state index is -4.92. The minimum absolute atomic E-state index is 0.0893. The Morgan fingerprint density at radius 1 is 1.15 bits per heavy atom. The van der Waals surface area contributed by atoms with Crippen molar-refractivity contribution in [2.24, 2.45) is 10.8 Å². The smallest absolute Gasteiger partial charge is 0.416 e. The number of nitrogens with zero attached hydrogens (tertiary/aromatic N) is 2. The Kier molecular flexibility index (Phi) is 6.37. The summed E-state index contributed by atoms with van der Waals surface area (Å²) in [4.78, 5) is 13.3. The highest BCUT2D eigenvalue weighted by molar-refractivity contribution is 5.91. The molecule has 1 fully saturated rings. The standard InChI is InChI=1S/C24H22F6N2O2/c1-21(12-16(13-31)20(33)34)14-32(19-5-3-4-7-22(19,21)2)8-6-15-9-17(23(25,26)27)11-18(10-15)24(28,29)30/h3-5,9-12H,6-8,14H2,1-2H3,(H,33,34)/b16-12+. The van der Waals surface area contributed by atoms with Crippen molar-refractivity contribution >= 4 is 5.97 Å². The summed E-state index contributed by atoms with van der Waals surface area (Å²) < 4.78 is 79.2. The molecule has 0 bridgehead atoms. The van der Waals surface area contributed by atoms with E-state index in [4.69, 9.17) is 0 Å². The maximum Gasteiger partial charge on any atom is 0.416 e. The van der Waals surface area contributed by atoms with Crippen molar-refractivity contribution < 1.29 is 36.2 Å². The molecule has 1 heterocycles. The van der Waals surface area contributed by atoms with Gasteiger partial charge in [0.1, 0.15) is 11.6 Å². The predicted molar refractivity (Wildman–Crippen MR) is 111 cm³/mol. The number of alkyl halides is 6. The lowest BCUT2D eigenvalue weighted by molar-refractivity contribution is -0.143. The SMILES string of the molecule is CC1(/C=C(\C#N)C(=O)O)CN(CCc2cc(C(F)(F)F)cc(C(F)(F)F)c2)C2=CC=CCC21C. The van der Waals surface area contributed by atoms with Crippen LogP contribution in [0.3, 0.4) is 0 Å². The normalized spacial score (nSPS) is 25.1. The number of allylic oxidation sites excluding steroid dienone is 4. The molecule has 0 saturated carbocycles. The van der Waals surface area contributed by atoms with Crippen LogP contribution in [0.15, 0.2) is 53.8 Å². The number of hydrogen-bond donors (Lipinski definition) is 1. The molecule has 4 nitrogen and oxygen atoms in total. The van der Waals surface area contributed by atoms with Crippen molar-refractivity contribution in [1.29, 1.82) is 5.26 Å². The molecule has 1 saturated heterocycles. The summed E-state index contributed by atoms with van der Waals surface area (Å²) in [6.45, 7) is 4.07. The summed E-state index contributed by atoms with van der Waals surface area (Å²) in [6, 6.07) is 3.21. The highest BCUT2D eigenvalue weighted by atomic mass is 19.4. The first-order chi connectivity index (χ1) is 15.6. The van der Waals surface area contributed by atoms with Gasteiger partial charge in [-0.15, -0.1) is 0 Å². The van der Waals surface area contributed by atoms with E-state index in [0.717, 1.165) is 17.8 Å². The second-order valence-electron chi connectivity index (χ2n) is 8.99. The van der Waals surface area contributed by atoms with Gasteiger partial charge in [-0.05, 0) is 42.7 Å². The topological polar surface area (TPSA) is 64.3 Å². The van der Waals surface area contributed by atoms with Gasteiger partial charge in [-0.1, -0.05) is 32.1 Å². The average Bonchev–Trinajstić information content (AvgIpc) is 2.95. The Balaban J connectivity index is 1.95. The van der Waals surface area contributed by atoms with Gasteiger partial charge in [0.25, 0.3) is 0 Å². The summed E-state index contributed by atoms with van der Waals surface area (Å²) in [5, 5.41) is 18.5. The lowest BCUT2D eigenvalue weighted by atomic mass is 9.63. The molecule has 0 radical (unpaired) electrons. The van der Waals surface area contributed by atoms with E-state index in [-0.39, 0.29) is 31.1 Å². The van der Waals surface area contributed by atoms with Gasteiger partial charge in [0.2, 0.25) is 0 Å². The molecule has 1 N–H and O–H groups in total. The van der Waals surface area contributed by atoms with Gasteiger partial charge in [-0.2, -0.15) is 31.6 Å². The van der Waals surface area contributed by atoms with Crippen molar-refractivity contribution in [3.8, 4) is 6.07 Å². The number of benzene rings is 1. The summed E-state index contributed by atoms with van der Waals surface area (Å²) in [7, 11) is 0. The molecule has 10 heteroatoms. The third kappa shape index (κ3) is 4.69. The minimum Gasteiger partial charge on any atom is -0.477 e. The number of halogens is 6. The molecule has 0 aromatic heterocycles. The van der Waals surface area contributed by atoms with Crippen molar-refractivity contribution in [2.75, 3.05) is 13.1 Å². The molecule has 182 valence electrons. The Bertz CT molecular complexity index is 1090. The van der Waals surface area contributed by atoms with Crippen molar-refractivity contribution in [3.05, 3.63) is 70.5 Å². The first-order valence-electron chi connectivity index (χ1n) is 10.4. The van der Waals surface area contributed by atoms with E-state index in [1.807, 2.05) is 24.0 Å². The first-order valence-corrected chi connectivity index (χ1v) is 10.4. The van der Waals surface area contributed by atoms with Gasteiger partial charge in [-0.25, -0.2) is 4.79 Å². The van der Waals surface area contributed by atoms with Gasteiger partial charge in [0.05, 0.1) is 11.1 Å². The molecule has 0 spiro atoms. The van der Waals surface area contributed by atoms with Crippen LogP contribution in [0.25, 0.3) is 0 Å². The number of carboxylic acids is 1. The molecular weight excluding hydrogens is 462 g/mol. The zero-order valence-electron chi connectivity index (χ0n) is 18.4. The fraction of sp³-hybridized carbons (Fsp3) is 0.417. The fourth-order valence-electron chi connectivity index (χ4n) is 4.68. The van der Waals surface area contributed by atoms with Crippen LogP contribution in [0, 0.1) is 22.2 Å². The van der Waals surface area contributed by atoms with E-state index in [1.54, 1.807) is 19.1 Å². The molecule has 2 aliphatic rings. The Morgan fingerprint density at radius 2 is 1.74 bits per heavy atom. The lowest BCUT2D eigenvalue weighted by Crippen LogP contribution is -2.34. The van der Waals surface area contributed by atoms with Gasteiger partial charge < -0.3 is 10.0 Å². The largest absolute Gasteiger partial charge is 0.477 e. The van der Waals surface area contributed by atoms with Gasteiger partial charge in [0.15, 0.2) is 0 Å². The van der Waals surface area contributed by atoms with Crippen LogP contribution in [0.5, 0.6) is 0 Å². The highest BCUT2D eigenvalue weighted by Crippen LogP contribution is 2.57. The van der Waals surface area contributed by atoms with Crippen LogP contribution in [0.4, 0.5) is 26.3 Å². The third-order valence-corrected chi connectivity index (χ3v) is 6.73. The number of hydrogen-bond acceptors (Lipinski definition) is 3. The van der Waals surface area contributed by atoms with Gasteiger partial charge in [0, 0.05) is 29.6 Å². The summed E-state index contributed by atoms with van der Waals surface area (Å²) in [5.74, 6) is -1.37. The van der Waals surface area contributed by atoms with Crippen LogP contribution < -0.4 is 0 Å². The molecule has 3 rings (SSSR count). The molecule has 2 atom stereocenters. The highest BCUT2D eigenvalue weighted by Gasteiger charge is 2.54. The summed E-state index contributed by atoms with van der Waals surface area (Å²) in [6.07, 6.45) is -2.50. The Morgan fingerprint density at radius 3 is 2.24 bits per heavy atom. The molecule has 2 unspecified atom stereocenters. The van der Waals surface area contributed by atoms with E-state index in [9.17, 15) is 41.5 Å². The first kappa shape index (κ1) is 25.4. The molecule has 1 aliphatic heterocycles. The van der Waals surface area contributed by atoms with Crippen LogP contribution >= 0.6 is 0 Å². The zero-order valence-corrected chi connectivity index (χ0v) is 18.4. The molecule has 34 heavy (non-hydrogen) atoms. The molecule has 0 amide bonds. The van der Waals surface area contributed by atoms with Crippen molar-refractivity contribution in [1.82, 2.24) is 4.90 Å². The maximum absolute atomic E-state index is 13.2. The summed E-state index contributed by atoms with van der Waals surface area (Å²) >= 11 is 0. The summed E-state index contributed by atoms with van der Waals surface area (Å²) in [5.41, 5.74) is -3.88. The lowest BCUT2D eigenvalue weighted by Gasteiger charge is -2.39. The quantitative estimate of drug-likeness (QED) is 0.318. The number of nitriles is 1. The molecular formula is C24H22F6N2O2. The van der Waals surface area contributed by atoms with E-state index in [1.165, 1.54) is 6.08 Å².